The SMILES string of the molecule is O=C(C=Cc1ccc2c(c1)OCO2)NCC(O)(c1ccsc1)c1ccco1. The summed E-state index contributed by atoms with van der Waals surface area (Å²) in [7, 11) is 0. The normalized spacial score (nSPS) is 15.0. The summed E-state index contributed by atoms with van der Waals surface area (Å²) in [6, 6.07) is 10.6. The average Bonchev–Trinajstić information content (AvgIpc) is 3.45. The summed E-state index contributed by atoms with van der Waals surface area (Å²) in [5, 5.41) is 17.5. The molecule has 0 radical (unpaired) electrons. The number of thiophene rings is 1. The van der Waals surface area contributed by atoms with Crippen molar-refractivity contribution in [3.05, 3.63) is 76.4 Å². The number of ether oxygens (including phenoxy) is 2. The van der Waals surface area contributed by atoms with Gasteiger partial charge in [-0.25, -0.2) is 0 Å². The number of rotatable bonds is 6. The number of hydrogen-bond acceptors (Lipinski definition) is 6. The van der Waals surface area contributed by atoms with Gasteiger partial charge in [0.2, 0.25) is 12.7 Å². The topological polar surface area (TPSA) is 80.9 Å². The Hall–Kier alpha value is -3.03. The van der Waals surface area contributed by atoms with Gasteiger partial charge >= 0.3 is 0 Å². The molecule has 27 heavy (non-hydrogen) atoms. The molecule has 2 N–H and O–H groups in total. The minimum absolute atomic E-state index is 0.0123. The Labute approximate surface area is 159 Å². The van der Waals surface area contributed by atoms with Gasteiger partial charge in [0, 0.05) is 11.6 Å². The van der Waals surface area contributed by atoms with Crippen LogP contribution >= 0.6 is 11.3 Å². The van der Waals surface area contributed by atoms with Crippen molar-refractivity contribution < 1.29 is 23.8 Å². The van der Waals surface area contributed by atoms with E-state index < -0.39 is 5.60 Å². The highest BCUT2D eigenvalue weighted by Crippen LogP contribution is 2.33. The van der Waals surface area contributed by atoms with Crippen molar-refractivity contribution in [3.8, 4) is 11.5 Å². The Morgan fingerprint density at radius 2 is 2.15 bits per heavy atom. The van der Waals surface area contributed by atoms with Crippen LogP contribution in [0.4, 0.5) is 0 Å². The van der Waals surface area contributed by atoms with Crippen molar-refractivity contribution in [2.75, 3.05) is 13.3 Å². The largest absolute Gasteiger partial charge is 0.466 e. The van der Waals surface area contributed by atoms with Crippen LogP contribution in [0.1, 0.15) is 16.9 Å². The van der Waals surface area contributed by atoms with E-state index in [1.165, 1.54) is 23.7 Å². The summed E-state index contributed by atoms with van der Waals surface area (Å²) < 4.78 is 16.0. The number of carbonyl (C=O) groups excluding carboxylic acids is 1. The van der Waals surface area contributed by atoms with E-state index in [1.807, 2.05) is 22.9 Å². The molecule has 1 aromatic carbocycles. The number of benzene rings is 1. The summed E-state index contributed by atoms with van der Waals surface area (Å²) >= 11 is 1.46. The second-order valence-electron chi connectivity index (χ2n) is 6.01. The third kappa shape index (κ3) is 3.60. The molecule has 1 aliphatic heterocycles. The van der Waals surface area contributed by atoms with Gasteiger partial charge in [-0.2, -0.15) is 11.3 Å². The van der Waals surface area contributed by atoms with E-state index in [0.717, 1.165) is 5.56 Å². The Bertz CT molecular complexity index is 913. The lowest BCUT2D eigenvalue weighted by atomic mass is 9.93. The van der Waals surface area contributed by atoms with Crippen molar-refractivity contribution >= 4 is 23.3 Å². The maximum Gasteiger partial charge on any atom is 0.244 e. The molecule has 1 unspecified atom stereocenters. The van der Waals surface area contributed by atoms with Crippen LogP contribution < -0.4 is 14.8 Å². The molecule has 1 aliphatic rings. The number of hydrogen-bond donors (Lipinski definition) is 2. The van der Waals surface area contributed by atoms with E-state index in [0.29, 0.717) is 22.8 Å². The molecular weight excluding hydrogens is 366 g/mol. The number of fused-ring (bicyclic) bond motifs is 1. The van der Waals surface area contributed by atoms with Crippen LogP contribution in [0.25, 0.3) is 6.08 Å². The maximum atomic E-state index is 12.2. The van der Waals surface area contributed by atoms with Crippen LogP contribution in [0.15, 0.2) is 63.9 Å². The Morgan fingerprint density at radius 3 is 2.93 bits per heavy atom. The average molecular weight is 383 g/mol. The van der Waals surface area contributed by atoms with Crippen LogP contribution in [0.3, 0.4) is 0 Å². The molecule has 1 amide bonds. The van der Waals surface area contributed by atoms with E-state index in [2.05, 4.69) is 5.32 Å². The number of furan rings is 1. The molecule has 0 aliphatic carbocycles. The minimum Gasteiger partial charge on any atom is -0.466 e. The lowest BCUT2D eigenvalue weighted by molar-refractivity contribution is -0.117. The van der Waals surface area contributed by atoms with E-state index in [1.54, 1.807) is 30.3 Å². The molecule has 0 saturated carbocycles. The van der Waals surface area contributed by atoms with Gasteiger partial charge in [0.15, 0.2) is 17.1 Å². The molecule has 6 nitrogen and oxygen atoms in total. The Morgan fingerprint density at radius 1 is 1.26 bits per heavy atom. The first-order valence-corrected chi connectivity index (χ1v) is 9.24. The molecule has 0 spiro atoms. The monoisotopic (exact) mass is 383 g/mol. The summed E-state index contributed by atoms with van der Waals surface area (Å²) in [5.74, 6) is 1.40. The van der Waals surface area contributed by atoms with E-state index in [9.17, 15) is 9.90 Å². The lowest BCUT2D eigenvalue weighted by Crippen LogP contribution is -2.40. The van der Waals surface area contributed by atoms with Gasteiger partial charge in [0.05, 0.1) is 12.8 Å². The predicted molar refractivity (Wildman–Crippen MR) is 101 cm³/mol. The van der Waals surface area contributed by atoms with Crippen molar-refractivity contribution in [1.29, 1.82) is 0 Å². The zero-order chi connectivity index (χ0) is 18.7. The number of nitrogens with one attached hydrogen (secondary N) is 1. The van der Waals surface area contributed by atoms with Crippen molar-refractivity contribution in [1.82, 2.24) is 5.32 Å². The van der Waals surface area contributed by atoms with Crippen LogP contribution in [0.2, 0.25) is 0 Å². The highest BCUT2D eigenvalue weighted by atomic mass is 32.1. The second kappa shape index (κ2) is 7.30. The molecule has 3 aromatic rings. The fraction of sp³-hybridized carbons (Fsp3) is 0.150. The van der Waals surface area contributed by atoms with Crippen LogP contribution in [-0.2, 0) is 10.4 Å². The summed E-state index contributed by atoms with van der Waals surface area (Å²) in [5.41, 5.74) is 0.0576. The molecular formula is C20H17NO5S. The molecule has 0 saturated heterocycles. The molecule has 3 heterocycles. The second-order valence-corrected chi connectivity index (χ2v) is 6.79. The van der Waals surface area contributed by atoms with Crippen molar-refractivity contribution in [3.63, 3.8) is 0 Å². The fourth-order valence-corrected chi connectivity index (χ4v) is 3.53. The van der Waals surface area contributed by atoms with Gasteiger partial charge in [-0.3, -0.25) is 4.79 Å². The van der Waals surface area contributed by atoms with Crippen LogP contribution in [-0.4, -0.2) is 24.4 Å². The third-order valence-corrected chi connectivity index (χ3v) is 4.95. The molecule has 7 heteroatoms. The highest BCUT2D eigenvalue weighted by molar-refractivity contribution is 7.08. The smallest absolute Gasteiger partial charge is 0.244 e. The van der Waals surface area contributed by atoms with Crippen LogP contribution in [0.5, 0.6) is 11.5 Å². The first kappa shape index (κ1) is 17.4. The van der Waals surface area contributed by atoms with Gasteiger partial charge < -0.3 is 24.3 Å². The van der Waals surface area contributed by atoms with Gasteiger partial charge in [-0.1, -0.05) is 6.07 Å². The van der Waals surface area contributed by atoms with E-state index in [4.69, 9.17) is 13.9 Å². The van der Waals surface area contributed by atoms with Gasteiger partial charge in [-0.15, -0.1) is 0 Å². The fourth-order valence-electron chi connectivity index (χ4n) is 2.81. The number of amides is 1. The lowest BCUT2D eigenvalue weighted by Gasteiger charge is -2.25. The molecule has 4 rings (SSSR count). The Balaban J connectivity index is 1.44. The Kier molecular flexibility index (Phi) is 4.70. The molecule has 1 atom stereocenters. The highest BCUT2D eigenvalue weighted by Gasteiger charge is 2.35. The third-order valence-electron chi connectivity index (χ3n) is 4.27. The molecule has 0 bridgehead atoms. The van der Waals surface area contributed by atoms with E-state index >= 15 is 0 Å². The summed E-state index contributed by atoms with van der Waals surface area (Å²) in [6.07, 6.45) is 4.58. The predicted octanol–water partition coefficient (Wildman–Crippen LogP) is 3.14. The van der Waals surface area contributed by atoms with Crippen molar-refractivity contribution in [2.45, 2.75) is 5.60 Å². The molecule has 138 valence electrons. The summed E-state index contributed by atoms with van der Waals surface area (Å²) in [6.45, 7) is 0.193. The summed E-state index contributed by atoms with van der Waals surface area (Å²) in [4.78, 5) is 12.2. The first-order chi connectivity index (χ1) is 13.1. The minimum atomic E-state index is -1.42. The number of aliphatic hydroxyl groups is 1. The molecule has 2 aromatic heterocycles. The standard InChI is InChI=1S/C20H17NO5S/c22-19(6-4-14-3-5-16-17(10-14)26-13-25-16)21-12-20(23,15-7-9-27-11-15)18-2-1-8-24-18/h1-11,23H,12-13H2,(H,21,22). The maximum absolute atomic E-state index is 12.2. The number of carbonyl (C=O) groups is 1. The van der Waals surface area contributed by atoms with Crippen LogP contribution in [0, 0.1) is 0 Å². The van der Waals surface area contributed by atoms with Crippen molar-refractivity contribution in [2.24, 2.45) is 0 Å². The zero-order valence-corrected chi connectivity index (χ0v) is 15.1. The van der Waals surface area contributed by atoms with E-state index in [-0.39, 0.29) is 19.2 Å². The van der Waals surface area contributed by atoms with Gasteiger partial charge in [0.1, 0.15) is 5.76 Å². The van der Waals surface area contributed by atoms with Gasteiger partial charge in [-0.05, 0) is 52.7 Å². The molecule has 0 fully saturated rings. The quantitative estimate of drug-likeness (QED) is 0.639. The first-order valence-electron chi connectivity index (χ1n) is 8.30. The zero-order valence-electron chi connectivity index (χ0n) is 14.3. The van der Waals surface area contributed by atoms with Gasteiger partial charge in [0.25, 0.3) is 0 Å².